The molecule has 0 aliphatic carbocycles. The Balaban J connectivity index is 0. The highest BCUT2D eigenvalue weighted by Gasteiger charge is 2.22. The number of esters is 1. The molecule has 0 aliphatic heterocycles. The van der Waals surface area contributed by atoms with E-state index < -0.39 is 23.9 Å². The summed E-state index contributed by atoms with van der Waals surface area (Å²) in [6.45, 7) is 10.0. The Labute approximate surface area is 183 Å². The first-order chi connectivity index (χ1) is 13.8. The lowest BCUT2D eigenvalue weighted by Crippen LogP contribution is -2.42. The summed E-state index contributed by atoms with van der Waals surface area (Å²) in [5.74, 6) is -2.49. The maximum atomic E-state index is 12.0. The fourth-order valence-electron chi connectivity index (χ4n) is 1.69. The summed E-state index contributed by atoms with van der Waals surface area (Å²) in [6.07, 6.45) is 5.36. The summed E-state index contributed by atoms with van der Waals surface area (Å²) in [4.78, 5) is 44.6. The second kappa shape index (κ2) is 15.1. The lowest BCUT2D eigenvalue weighted by atomic mass is 10.2. The first-order valence-corrected chi connectivity index (χ1v) is 9.69. The van der Waals surface area contributed by atoms with E-state index in [1.54, 1.807) is 19.9 Å². The number of aliphatic carboxylic acids is 1. The van der Waals surface area contributed by atoms with Crippen LogP contribution in [0.3, 0.4) is 0 Å². The fourth-order valence-corrected chi connectivity index (χ4v) is 1.93. The molecule has 0 saturated carbocycles. The van der Waals surface area contributed by atoms with Crippen molar-refractivity contribution in [3.8, 4) is 0 Å². The molecule has 170 valence electrons. The van der Waals surface area contributed by atoms with Crippen LogP contribution in [0, 0.1) is 0 Å². The Hall–Kier alpha value is -2.75. The summed E-state index contributed by atoms with van der Waals surface area (Å²) in [7, 11) is 1.54. The molecule has 0 saturated heterocycles. The Kier molecular flexibility index (Phi) is 14.9. The number of amides is 2. The number of rotatable bonds is 7. The molecule has 3 N–H and O–H groups in total. The number of carboxylic acids is 1. The van der Waals surface area contributed by atoms with Gasteiger partial charge in [0.1, 0.15) is 23.0 Å². The standard InChI is InChI=1S/C14H19NO5S.C6H13NO2/c1-4-6-10(13(17)18)12(7-5-2)20-14(19)11(8-21)15-9(3)16;1-6(2,3)9-5(8)7-4/h4-7,11,21H,8H2,1-3H3,(H,15,16)(H,17,18);1-4H3,(H,7,8)/b6-4-,7-5-,12-10-;. The highest BCUT2D eigenvalue weighted by Crippen LogP contribution is 2.12. The quantitative estimate of drug-likeness (QED) is 0.156. The Morgan fingerprint density at radius 3 is 1.93 bits per heavy atom. The van der Waals surface area contributed by atoms with Crippen LogP contribution in [0.1, 0.15) is 41.5 Å². The van der Waals surface area contributed by atoms with Gasteiger partial charge in [0.15, 0.2) is 0 Å². The van der Waals surface area contributed by atoms with Crippen LogP contribution < -0.4 is 10.6 Å². The maximum Gasteiger partial charge on any atom is 0.407 e. The van der Waals surface area contributed by atoms with Gasteiger partial charge in [-0.15, -0.1) is 0 Å². The van der Waals surface area contributed by atoms with Gasteiger partial charge >= 0.3 is 18.0 Å². The van der Waals surface area contributed by atoms with Gasteiger partial charge in [0, 0.05) is 19.7 Å². The van der Waals surface area contributed by atoms with E-state index in [0.29, 0.717) is 0 Å². The first kappa shape index (κ1) is 29.5. The molecule has 0 rings (SSSR count). The lowest BCUT2D eigenvalue weighted by molar-refractivity contribution is -0.142. The second-order valence-corrected chi connectivity index (χ2v) is 7.06. The van der Waals surface area contributed by atoms with Crippen molar-refractivity contribution in [3.05, 3.63) is 35.6 Å². The zero-order chi connectivity index (χ0) is 23.9. The largest absolute Gasteiger partial charge is 0.478 e. The van der Waals surface area contributed by atoms with Crippen LogP contribution in [-0.2, 0) is 23.9 Å². The van der Waals surface area contributed by atoms with Crippen LogP contribution in [0.15, 0.2) is 35.6 Å². The van der Waals surface area contributed by atoms with E-state index in [4.69, 9.17) is 14.6 Å². The number of hydrogen-bond acceptors (Lipinski definition) is 7. The number of alkyl carbamates (subject to hydrolysis) is 1. The Bertz CT molecular complexity index is 692. The summed E-state index contributed by atoms with van der Waals surface area (Å²) >= 11 is 3.96. The molecule has 0 aliphatic rings. The van der Waals surface area contributed by atoms with E-state index >= 15 is 0 Å². The second-order valence-electron chi connectivity index (χ2n) is 6.69. The van der Waals surface area contributed by atoms with Crippen LogP contribution in [-0.4, -0.2) is 53.5 Å². The summed E-state index contributed by atoms with van der Waals surface area (Å²) < 4.78 is 9.92. The van der Waals surface area contributed by atoms with E-state index in [1.165, 1.54) is 32.2 Å². The van der Waals surface area contributed by atoms with E-state index in [9.17, 15) is 19.2 Å². The Morgan fingerprint density at radius 1 is 1.10 bits per heavy atom. The lowest BCUT2D eigenvalue weighted by Gasteiger charge is -2.18. The van der Waals surface area contributed by atoms with Crippen LogP contribution in [0.5, 0.6) is 0 Å². The zero-order valence-electron chi connectivity index (χ0n) is 18.4. The van der Waals surface area contributed by atoms with E-state index in [0.717, 1.165) is 0 Å². The third-order valence-corrected chi connectivity index (χ3v) is 3.17. The van der Waals surface area contributed by atoms with Gasteiger partial charge in [-0.2, -0.15) is 12.6 Å². The molecule has 10 heteroatoms. The van der Waals surface area contributed by atoms with Crippen molar-refractivity contribution in [1.29, 1.82) is 0 Å². The number of allylic oxidation sites excluding steroid dienone is 3. The number of carbonyl (C=O) groups excluding carboxylic acids is 3. The maximum absolute atomic E-state index is 12.0. The van der Waals surface area contributed by atoms with Crippen molar-refractivity contribution in [2.24, 2.45) is 0 Å². The van der Waals surface area contributed by atoms with Gasteiger partial charge in [-0.25, -0.2) is 14.4 Å². The van der Waals surface area contributed by atoms with Crippen molar-refractivity contribution in [1.82, 2.24) is 10.6 Å². The summed E-state index contributed by atoms with van der Waals surface area (Å²) in [5, 5.41) is 13.9. The number of carbonyl (C=O) groups is 4. The number of ether oxygens (including phenoxy) is 2. The third-order valence-electron chi connectivity index (χ3n) is 2.81. The van der Waals surface area contributed by atoms with Crippen LogP contribution in [0.4, 0.5) is 4.79 Å². The van der Waals surface area contributed by atoms with Crippen molar-refractivity contribution in [3.63, 3.8) is 0 Å². The fraction of sp³-hybridized carbons (Fsp3) is 0.500. The van der Waals surface area contributed by atoms with E-state index in [1.807, 2.05) is 20.8 Å². The third kappa shape index (κ3) is 14.3. The zero-order valence-corrected chi connectivity index (χ0v) is 19.3. The molecule has 0 aromatic carbocycles. The number of hydrogen-bond donors (Lipinski definition) is 4. The molecule has 0 spiro atoms. The molecule has 0 heterocycles. The van der Waals surface area contributed by atoms with Crippen LogP contribution in [0.25, 0.3) is 0 Å². The summed E-state index contributed by atoms with van der Waals surface area (Å²) in [6, 6.07) is -0.952. The van der Waals surface area contributed by atoms with E-state index in [-0.39, 0.29) is 28.8 Å². The van der Waals surface area contributed by atoms with Crippen LogP contribution >= 0.6 is 12.6 Å². The average Bonchev–Trinajstić information content (AvgIpc) is 2.62. The minimum Gasteiger partial charge on any atom is -0.478 e. The van der Waals surface area contributed by atoms with Crippen molar-refractivity contribution >= 4 is 36.6 Å². The monoisotopic (exact) mass is 444 g/mol. The molecule has 0 fully saturated rings. The van der Waals surface area contributed by atoms with Gasteiger partial charge in [0.05, 0.1) is 0 Å². The van der Waals surface area contributed by atoms with Gasteiger partial charge < -0.3 is 25.2 Å². The van der Waals surface area contributed by atoms with Crippen molar-refractivity contribution in [2.45, 2.75) is 53.2 Å². The van der Waals surface area contributed by atoms with Crippen LogP contribution in [0.2, 0.25) is 0 Å². The predicted octanol–water partition coefficient (Wildman–Crippen LogP) is 2.60. The van der Waals surface area contributed by atoms with E-state index in [2.05, 4.69) is 23.3 Å². The average molecular weight is 445 g/mol. The first-order valence-electron chi connectivity index (χ1n) is 9.06. The molecule has 30 heavy (non-hydrogen) atoms. The molecule has 1 atom stereocenters. The molecule has 0 radical (unpaired) electrons. The predicted molar refractivity (Wildman–Crippen MR) is 117 cm³/mol. The van der Waals surface area contributed by atoms with Gasteiger partial charge in [-0.3, -0.25) is 4.79 Å². The molecule has 0 aromatic heterocycles. The smallest absolute Gasteiger partial charge is 0.407 e. The molecule has 0 aromatic rings. The van der Waals surface area contributed by atoms with Gasteiger partial charge in [-0.1, -0.05) is 12.2 Å². The van der Waals surface area contributed by atoms with Gasteiger partial charge in [-0.05, 0) is 46.8 Å². The molecule has 2 amide bonds. The number of carboxylic acid groups (broad SMARTS) is 1. The minimum absolute atomic E-state index is 0.0353. The minimum atomic E-state index is -1.23. The molecular formula is C20H32N2O7S. The normalized spacial score (nSPS) is 12.9. The molecular weight excluding hydrogens is 412 g/mol. The molecule has 9 nitrogen and oxygen atoms in total. The highest BCUT2D eigenvalue weighted by atomic mass is 32.1. The topological polar surface area (TPSA) is 131 Å². The number of nitrogens with one attached hydrogen (secondary N) is 2. The van der Waals surface area contributed by atoms with Crippen molar-refractivity contribution < 1.29 is 33.8 Å². The molecule has 0 bridgehead atoms. The Morgan fingerprint density at radius 2 is 1.63 bits per heavy atom. The number of thiol groups is 1. The molecule has 1 unspecified atom stereocenters. The summed E-state index contributed by atoms with van der Waals surface area (Å²) in [5.41, 5.74) is -0.551. The van der Waals surface area contributed by atoms with Gasteiger partial charge in [0.2, 0.25) is 5.91 Å². The SMILES string of the molecule is CNC(=O)OC(C)(C)C.C\C=C/C(OC(=O)C(CS)NC(C)=O)=C(\C=C/C)C(=O)O. The van der Waals surface area contributed by atoms with Crippen molar-refractivity contribution in [2.75, 3.05) is 12.8 Å². The highest BCUT2D eigenvalue weighted by molar-refractivity contribution is 7.80. The van der Waals surface area contributed by atoms with Gasteiger partial charge in [0.25, 0.3) is 0 Å².